The van der Waals surface area contributed by atoms with Crippen LogP contribution in [-0.4, -0.2) is 62.4 Å². The molecule has 0 aromatic heterocycles. The van der Waals surface area contributed by atoms with Crippen LogP contribution in [0.3, 0.4) is 0 Å². The number of hydrogen-bond acceptors (Lipinski definition) is 8. The Balaban J connectivity index is 1.02. The molecule has 2 unspecified atom stereocenters. The van der Waals surface area contributed by atoms with Gasteiger partial charge in [-0.15, -0.1) is 0 Å². The normalized spacial score (nSPS) is 23.2. The van der Waals surface area contributed by atoms with Crippen LogP contribution in [0.5, 0.6) is 11.5 Å². The molecule has 0 bridgehead atoms. The predicted octanol–water partition coefficient (Wildman–Crippen LogP) is 9.94. The summed E-state index contributed by atoms with van der Waals surface area (Å²) in [4.78, 5) is 27.4. The van der Waals surface area contributed by atoms with Crippen molar-refractivity contribution in [2.45, 2.75) is 90.4 Å². The molecular weight excluding hydrogens is 883 g/mol. The van der Waals surface area contributed by atoms with Crippen molar-refractivity contribution in [3.63, 3.8) is 0 Å². The van der Waals surface area contributed by atoms with Gasteiger partial charge in [-0.05, 0) is 72.0 Å². The number of rotatable bonds is 15. The number of carbonyl (C=O) groups is 2. The van der Waals surface area contributed by atoms with Crippen LogP contribution >= 0.6 is 34.8 Å². The summed E-state index contributed by atoms with van der Waals surface area (Å²) >= 11 is 18.6. The highest BCUT2D eigenvalue weighted by atomic mass is 35.5. The van der Waals surface area contributed by atoms with Crippen molar-refractivity contribution in [2.75, 3.05) is 26.4 Å². The maximum atomic E-state index is 15.9. The molecule has 1 saturated carbocycles. The van der Waals surface area contributed by atoms with Gasteiger partial charge in [-0.2, -0.15) is 10.5 Å². The van der Waals surface area contributed by atoms with Gasteiger partial charge in [0, 0.05) is 57.6 Å². The Labute approximate surface area is 388 Å². The first-order chi connectivity index (χ1) is 30.1. The molecule has 2 aliphatic rings. The molecule has 3 N–H and O–H groups in total. The average molecular weight is 935 g/mol. The van der Waals surface area contributed by atoms with Crippen LogP contribution in [0.25, 0.3) is 0 Å². The van der Waals surface area contributed by atoms with Crippen molar-refractivity contribution in [3.8, 4) is 23.6 Å². The van der Waals surface area contributed by atoms with E-state index in [1.54, 1.807) is 42.5 Å². The lowest BCUT2D eigenvalue weighted by Crippen LogP contribution is -2.74. The van der Waals surface area contributed by atoms with E-state index in [0.29, 0.717) is 34.1 Å². The molecule has 6 rings (SSSR count). The minimum atomic E-state index is -1.74. The van der Waals surface area contributed by atoms with Crippen LogP contribution in [0.15, 0.2) is 78.9 Å². The van der Waals surface area contributed by atoms with E-state index in [-0.39, 0.29) is 71.0 Å². The summed E-state index contributed by atoms with van der Waals surface area (Å²) in [6.07, 6.45) is 0.103. The predicted molar refractivity (Wildman–Crippen MR) is 243 cm³/mol. The number of hydrogen-bond donors (Lipinski definition) is 3. The molecule has 4 aromatic carbocycles. The minimum absolute atomic E-state index is 0.00259. The maximum Gasteiger partial charge on any atom is 0.251 e. The van der Waals surface area contributed by atoms with Gasteiger partial charge < -0.3 is 30.2 Å². The zero-order chi connectivity index (χ0) is 46.8. The zero-order valence-electron chi connectivity index (χ0n) is 36.8. The van der Waals surface area contributed by atoms with Crippen LogP contribution in [0.4, 0.5) is 8.78 Å². The van der Waals surface area contributed by atoms with Crippen molar-refractivity contribution in [3.05, 3.63) is 128 Å². The number of nitrogens with one attached hydrogen (secondary N) is 3. The van der Waals surface area contributed by atoms with Crippen LogP contribution in [0, 0.1) is 50.5 Å². The van der Waals surface area contributed by atoms with E-state index in [2.05, 4.69) is 22.0 Å². The largest absolute Gasteiger partial charge is 0.491 e. The van der Waals surface area contributed by atoms with Gasteiger partial charge >= 0.3 is 0 Å². The zero-order valence-corrected chi connectivity index (χ0v) is 39.0. The lowest BCUT2D eigenvalue weighted by molar-refractivity contribution is -0.164. The lowest BCUT2D eigenvalue weighted by atomic mass is 9.49. The van der Waals surface area contributed by atoms with Gasteiger partial charge in [-0.25, -0.2) is 8.78 Å². The van der Waals surface area contributed by atoms with Gasteiger partial charge in [0.2, 0.25) is 5.91 Å². The molecule has 15 heteroatoms. The van der Waals surface area contributed by atoms with E-state index in [0.717, 1.165) is 6.07 Å². The van der Waals surface area contributed by atoms with Gasteiger partial charge in [0.05, 0.1) is 40.9 Å². The summed E-state index contributed by atoms with van der Waals surface area (Å²) in [6, 6.07) is 22.4. The third kappa shape index (κ3) is 9.83. The van der Waals surface area contributed by atoms with E-state index >= 15 is 8.78 Å². The third-order valence-electron chi connectivity index (χ3n) is 12.3. The first kappa shape index (κ1) is 48.5. The SMILES string of the molecule is CC(C)(C)C[C@@H]1NC(C(=O)NCCOCCOc2ccc(C(=O)NC3C(C)(C)C(Oc4ccc(C#N)c(Cl)c4)C3(C)C)cc2)C(c2cccc(Cl)c2F)[C@@]1(C#N)c1ccc(Cl)cc1F. The summed E-state index contributed by atoms with van der Waals surface area (Å²) in [6.45, 7) is 14.6. The quantitative estimate of drug-likeness (QED) is 0.1000. The molecule has 1 aliphatic carbocycles. The van der Waals surface area contributed by atoms with Gasteiger partial charge in [0.1, 0.15) is 47.3 Å². The van der Waals surface area contributed by atoms with Gasteiger partial charge in [-0.1, -0.05) is 101 Å². The van der Waals surface area contributed by atoms with Gasteiger partial charge in [0.15, 0.2) is 0 Å². The number of halogens is 5. The molecule has 2 fully saturated rings. The van der Waals surface area contributed by atoms with Crippen molar-refractivity contribution < 1.29 is 32.6 Å². The Morgan fingerprint density at radius 3 is 2.17 bits per heavy atom. The summed E-state index contributed by atoms with van der Waals surface area (Å²) < 4.78 is 49.8. The summed E-state index contributed by atoms with van der Waals surface area (Å²) in [5.41, 5.74) is -2.13. The number of amides is 2. The molecule has 1 saturated heterocycles. The van der Waals surface area contributed by atoms with Crippen molar-refractivity contribution in [2.24, 2.45) is 16.2 Å². The van der Waals surface area contributed by atoms with Crippen molar-refractivity contribution in [1.29, 1.82) is 10.5 Å². The maximum absolute atomic E-state index is 15.9. The number of nitrogens with zero attached hydrogens (tertiary/aromatic N) is 2. The molecule has 2 amide bonds. The van der Waals surface area contributed by atoms with Gasteiger partial charge in [-0.3, -0.25) is 9.59 Å². The second-order valence-corrected chi connectivity index (χ2v) is 20.0. The van der Waals surface area contributed by atoms with E-state index in [1.165, 1.54) is 30.3 Å². The van der Waals surface area contributed by atoms with Crippen LogP contribution in [0.2, 0.25) is 15.1 Å². The highest BCUT2D eigenvalue weighted by Crippen LogP contribution is 2.56. The average Bonchev–Trinajstić information content (AvgIpc) is 3.55. The van der Waals surface area contributed by atoms with E-state index in [4.69, 9.17) is 49.0 Å². The molecule has 0 radical (unpaired) electrons. The third-order valence-corrected chi connectivity index (χ3v) is 13.2. The fourth-order valence-corrected chi connectivity index (χ4v) is 10.3. The minimum Gasteiger partial charge on any atom is -0.491 e. The topological polar surface area (TPSA) is 146 Å². The first-order valence-electron chi connectivity index (χ1n) is 21.0. The lowest BCUT2D eigenvalue weighted by Gasteiger charge is -2.63. The fraction of sp³-hybridized carbons (Fsp3) is 0.429. The Hall–Kier alpha value is -4.95. The molecule has 1 heterocycles. The Morgan fingerprint density at radius 1 is 0.859 bits per heavy atom. The molecule has 64 heavy (non-hydrogen) atoms. The number of benzene rings is 4. The molecule has 4 atom stereocenters. The highest BCUT2D eigenvalue weighted by Gasteiger charge is 2.64. The number of nitriles is 2. The first-order valence-corrected chi connectivity index (χ1v) is 22.1. The van der Waals surface area contributed by atoms with E-state index in [1.807, 2.05) is 54.5 Å². The second kappa shape index (κ2) is 19.3. The highest BCUT2D eigenvalue weighted by molar-refractivity contribution is 6.32. The fourth-order valence-electron chi connectivity index (χ4n) is 9.75. The Kier molecular flexibility index (Phi) is 14.6. The second-order valence-electron chi connectivity index (χ2n) is 18.8. The van der Waals surface area contributed by atoms with Crippen molar-refractivity contribution >= 4 is 46.6 Å². The van der Waals surface area contributed by atoms with Crippen LogP contribution < -0.4 is 25.4 Å². The van der Waals surface area contributed by atoms with Gasteiger partial charge in [0.25, 0.3) is 5.91 Å². The van der Waals surface area contributed by atoms with E-state index in [9.17, 15) is 20.1 Å². The summed E-state index contributed by atoms with van der Waals surface area (Å²) in [5, 5.41) is 29.8. The molecular formula is C49H52Cl3F2N5O5. The molecule has 1 aliphatic heterocycles. The molecule has 0 spiro atoms. The monoisotopic (exact) mass is 933 g/mol. The molecule has 338 valence electrons. The van der Waals surface area contributed by atoms with E-state index < -0.39 is 51.8 Å². The van der Waals surface area contributed by atoms with Crippen molar-refractivity contribution in [1.82, 2.24) is 16.0 Å². The molecule has 10 nitrogen and oxygen atoms in total. The smallest absolute Gasteiger partial charge is 0.251 e. The Morgan fingerprint density at radius 2 is 1.55 bits per heavy atom. The Bertz CT molecular complexity index is 2450. The number of carbonyl (C=O) groups excluding carboxylic acids is 2. The number of ether oxygens (including phenoxy) is 3. The summed E-state index contributed by atoms with van der Waals surface area (Å²) in [5.74, 6) is -2.40. The van der Waals surface area contributed by atoms with Crippen LogP contribution in [-0.2, 0) is 14.9 Å². The molecule has 4 aromatic rings. The van der Waals surface area contributed by atoms with Crippen LogP contribution in [0.1, 0.15) is 87.9 Å². The standard InChI is InChI=1S/C49H52Cl3F2N5O5/c1-46(2,3)25-38-49(27-56,34-18-14-30(50)23-37(34)53)39(33-9-8-10-35(51)40(33)54)41(58-38)43(61)57-19-20-62-21-22-63-31-15-11-28(12-16-31)42(60)59-44-47(4,5)45(48(44,6)7)64-32-17-13-29(26-55)36(52)24-32/h8-18,23-24,38-39,41,44-45,58H,19-22,25H2,1-7H3,(H,57,61)(H,59,60)/t38-,39?,41?,44?,45?,49-/m0/s1. The summed E-state index contributed by atoms with van der Waals surface area (Å²) in [7, 11) is 0.